The average molecular weight is 455 g/mol. The summed E-state index contributed by atoms with van der Waals surface area (Å²) in [5, 5.41) is 19.2. The molecule has 0 aliphatic heterocycles. The number of benzene rings is 2. The summed E-state index contributed by atoms with van der Waals surface area (Å²) in [6.45, 7) is 4.33. The maximum absolute atomic E-state index is 11.8. The molecule has 0 fully saturated rings. The number of hydrogen-bond donors (Lipinski definition) is 2. The van der Waals surface area contributed by atoms with Crippen LogP contribution in [-0.2, 0) is 28.1 Å². The lowest BCUT2D eigenvalue weighted by Crippen LogP contribution is -2.37. The minimum atomic E-state index is -2.02. The van der Waals surface area contributed by atoms with E-state index in [-0.39, 0.29) is 0 Å². The smallest absolute Gasteiger partial charge is 0.450 e. The number of rotatable bonds is 12. The van der Waals surface area contributed by atoms with Gasteiger partial charge in [0.05, 0.1) is 5.56 Å². The molecule has 3 rings (SSSR count). The summed E-state index contributed by atoms with van der Waals surface area (Å²) in [5.41, 5.74) is 4.51. The predicted octanol–water partition coefficient (Wildman–Crippen LogP) is 7.50. The molecule has 0 atom stereocenters. The Balaban J connectivity index is 2.17. The molecular weight excluding hydrogens is 420 g/mol. The van der Waals surface area contributed by atoms with Crippen LogP contribution in [0.15, 0.2) is 36.4 Å². The first-order chi connectivity index (χ1) is 15.9. The highest BCUT2D eigenvalue weighted by Crippen LogP contribution is 2.53. The van der Waals surface area contributed by atoms with E-state index in [1.807, 2.05) is 18.2 Å². The minimum Gasteiger partial charge on any atom is -0.450 e. The van der Waals surface area contributed by atoms with Gasteiger partial charge < -0.3 is 19.7 Å². The highest BCUT2D eigenvalue weighted by Gasteiger charge is 2.52. The number of fused-ring (bicyclic) bond motifs is 3. The number of carboxylic acid groups (broad SMARTS) is 2. The van der Waals surface area contributed by atoms with E-state index in [4.69, 9.17) is 9.47 Å². The molecule has 0 saturated carbocycles. The Labute approximate surface area is 195 Å². The lowest BCUT2D eigenvalue weighted by Gasteiger charge is -2.30. The molecule has 6 heteroatoms. The predicted molar refractivity (Wildman–Crippen MR) is 127 cm³/mol. The van der Waals surface area contributed by atoms with Gasteiger partial charge in [-0.25, -0.2) is 9.59 Å². The molecule has 0 aromatic heterocycles. The van der Waals surface area contributed by atoms with Crippen molar-refractivity contribution in [3.8, 4) is 11.1 Å². The normalized spacial score (nSPS) is 13.3. The fourth-order valence-corrected chi connectivity index (χ4v) is 4.90. The first-order valence-electron chi connectivity index (χ1n) is 12.0. The van der Waals surface area contributed by atoms with Crippen molar-refractivity contribution in [2.75, 3.05) is 0 Å². The number of ether oxygens (including phenoxy) is 2. The van der Waals surface area contributed by atoms with Crippen LogP contribution in [0.1, 0.15) is 87.5 Å². The first kappa shape index (κ1) is 24.6. The van der Waals surface area contributed by atoms with Gasteiger partial charge in [-0.15, -0.1) is 0 Å². The van der Waals surface area contributed by atoms with Crippen molar-refractivity contribution >= 4 is 12.3 Å². The average Bonchev–Trinajstić information content (AvgIpc) is 3.04. The third-order valence-electron chi connectivity index (χ3n) is 6.35. The topological polar surface area (TPSA) is 93.1 Å². The van der Waals surface area contributed by atoms with Crippen LogP contribution in [0, 0.1) is 0 Å². The van der Waals surface area contributed by atoms with Crippen LogP contribution in [-0.4, -0.2) is 22.5 Å². The van der Waals surface area contributed by atoms with E-state index in [1.165, 1.54) is 0 Å². The van der Waals surface area contributed by atoms with Gasteiger partial charge in [-0.3, -0.25) is 0 Å². The molecule has 1 aliphatic rings. The molecule has 2 aromatic carbocycles. The molecule has 0 radical (unpaired) electrons. The molecule has 0 unspecified atom stereocenters. The van der Waals surface area contributed by atoms with Crippen molar-refractivity contribution in [3.63, 3.8) is 0 Å². The van der Waals surface area contributed by atoms with Crippen molar-refractivity contribution in [2.45, 2.75) is 83.8 Å². The zero-order valence-electron chi connectivity index (χ0n) is 19.6. The summed E-state index contributed by atoms with van der Waals surface area (Å²) in [4.78, 5) is 23.6. The van der Waals surface area contributed by atoms with E-state index in [0.29, 0.717) is 17.5 Å². The second kappa shape index (κ2) is 11.2. The quantitative estimate of drug-likeness (QED) is 0.196. The summed E-state index contributed by atoms with van der Waals surface area (Å²) >= 11 is 0. The van der Waals surface area contributed by atoms with Gasteiger partial charge in [0.15, 0.2) is 0 Å². The van der Waals surface area contributed by atoms with E-state index in [9.17, 15) is 19.8 Å². The SMILES string of the molecule is CCCCCCc1ccc2c(c1CCCCCC)C(OC(=O)O)(OC(=O)O)c1ccccc1-2. The maximum atomic E-state index is 11.8. The molecule has 178 valence electrons. The van der Waals surface area contributed by atoms with Crippen molar-refractivity contribution in [1.82, 2.24) is 0 Å². The first-order valence-corrected chi connectivity index (χ1v) is 12.0. The Hall–Kier alpha value is -3.02. The van der Waals surface area contributed by atoms with E-state index in [2.05, 4.69) is 19.9 Å². The zero-order chi connectivity index (χ0) is 23.8. The molecule has 6 nitrogen and oxygen atoms in total. The second-order valence-corrected chi connectivity index (χ2v) is 8.65. The van der Waals surface area contributed by atoms with Crippen molar-refractivity contribution < 1.29 is 29.3 Å². The lowest BCUT2D eigenvalue weighted by atomic mass is 9.87. The molecule has 2 aromatic rings. The van der Waals surface area contributed by atoms with Gasteiger partial charge in [-0.2, -0.15) is 0 Å². The van der Waals surface area contributed by atoms with E-state index >= 15 is 0 Å². The second-order valence-electron chi connectivity index (χ2n) is 8.65. The highest BCUT2D eigenvalue weighted by molar-refractivity contribution is 5.83. The third-order valence-corrected chi connectivity index (χ3v) is 6.35. The van der Waals surface area contributed by atoms with Gasteiger partial charge in [0.25, 0.3) is 0 Å². The fraction of sp³-hybridized carbons (Fsp3) is 0.481. The van der Waals surface area contributed by atoms with Crippen LogP contribution in [0.5, 0.6) is 0 Å². The summed E-state index contributed by atoms with van der Waals surface area (Å²) < 4.78 is 10.7. The third kappa shape index (κ3) is 5.32. The van der Waals surface area contributed by atoms with Crippen LogP contribution in [0.2, 0.25) is 0 Å². The van der Waals surface area contributed by atoms with Gasteiger partial charge in [0, 0.05) is 5.56 Å². The fourth-order valence-electron chi connectivity index (χ4n) is 4.90. The monoisotopic (exact) mass is 454 g/mol. The van der Waals surface area contributed by atoms with Crippen LogP contribution in [0.3, 0.4) is 0 Å². The van der Waals surface area contributed by atoms with E-state index in [1.54, 1.807) is 12.1 Å². The van der Waals surface area contributed by atoms with Crippen LogP contribution in [0.25, 0.3) is 11.1 Å². The molecule has 0 spiro atoms. The number of hydrogen-bond acceptors (Lipinski definition) is 4. The van der Waals surface area contributed by atoms with Crippen LogP contribution < -0.4 is 0 Å². The molecule has 0 amide bonds. The molecule has 2 N–H and O–H groups in total. The van der Waals surface area contributed by atoms with Crippen molar-refractivity contribution in [1.29, 1.82) is 0 Å². The molecule has 0 heterocycles. The Morgan fingerprint density at radius 3 is 1.97 bits per heavy atom. The molecule has 1 aliphatic carbocycles. The molecular formula is C27H34O6. The summed E-state index contributed by atoms with van der Waals surface area (Å²) in [6.07, 6.45) is 7.06. The summed E-state index contributed by atoms with van der Waals surface area (Å²) in [7, 11) is 0. The minimum absolute atomic E-state index is 0.405. The highest BCUT2D eigenvalue weighted by atomic mass is 16.8. The van der Waals surface area contributed by atoms with Crippen LogP contribution >= 0.6 is 0 Å². The summed E-state index contributed by atoms with van der Waals surface area (Å²) in [6, 6.07) is 11.2. The van der Waals surface area contributed by atoms with Gasteiger partial charge in [0.2, 0.25) is 0 Å². The molecule has 0 bridgehead atoms. The Morgan fingerprint density at radius 1 is 0.758 bits per heavy atom. The Bertz CT molecular complexity index is 965. The van der Waals surface area contributed by atoms with Gasteiger partial charge >= 0.3 is 18.1 Å². The number of carbonyl (C=O) groups is 2. The maximum Gasteiger partial charge on any atom is 0.509 e. The summed E-state index contributed by atoms with van der Waals surface area (Å²) in [5.74, 6) is -2.02. The van der Waals surface area contributed by atoms with E-state index < -0.39 is 18.1 Å². The van der Waals surface area contributed by atoms with Crippen molar-refractivity contribution in [2.24, 2.45) is 0 Å². The number of unbranched alkanes of at least 4 members (excludes halogenated alkanes) is 6. The Morgan fingerprint density at radius 2 is 1.36 bits per heavy atom. The van der Waals surface area contributed by atoms with Gasteiger partial charge in [0.1, 0.15) is 0 Å². The van der Waals surface area contributed by atoms with Gasteiger partial charge in [-0.1, -0.05) is 88.8 Å². The van der Waals surface area contributed by atoms with Crippen LogP contribution in [0.4, 0.5) is 9.59 Å². The molecule has 0 saturated heterocycles. The lowest BCUT2D eigenvalue weighted by molar-refractivity contribution is -0.158. The van der Waals surface area contributed by atoms with E-state index in [0.717, 1.165) is 80.0 Å². The zero-order valence-corrected chi connectivity index (χ0v) is 19.6. The largest absolute Gasteiger partial charge is 0.509 e. The number of aryl methyl sites for hydroxylation is 1. The van der Waals surface area contributed by atoms with Crippen molar-refractivity contribution in [3.05, 3.63) is 58.7 Å². The standard InChI is InChI=1S/C27H34O6/c1-3-5-7-9-13-19-17-18-22-21-15-11-12-16-23(21)27(32-25(28)29,33-26(30)31)24(22)20(19)14-10-8-6-4-2/h11-12,15-18H,3-10,13-14H2,1-2H3,(H,28,29)(H,30,31). The molecule has 33 heavy (non-hydrogen) atoms. The van der Waals surface area contributed by atoms with Gasteiger partial charge in [-0.05, 0) is 47.9 Å². The Kier molecular flexibility index (Phi) is 8.37.